The topological polar surface area (TPSA) is 95.7 Å². The van der Waals surface area contributed by atoms with E-state index in [0.717, 1.165) is 13.1 Å². The van der Waals surface area contributed by atoms with E-state index in [1.807, 2.05) is 7.05 Å². The van der Waals surface area contributed by atoms with Gasteiger partial charge in [-0.1, -0.05) is 18.2 Å². The number of carbonyl (C=O) groups excluding carboxylic acids is 1. The van der Waals surface area contributed by atoms with Gasteiger partial charge in [-0.2, -0.15) is 4.31 Å². The largest absolute Gasteiger partial charge is 0.352 e. The zero-order valence-electron chi connectivity index (χ0n) is 14.1. The maximum Gasteiger partial charge on any atom is 0.243 e. The van der Waals surface area contributed by atoms with Crippen molar-refractivity contribution in [1.82, 2.24) is 14.5 Å². The Morgan fingerprint density at radius 1 is 1.21 bits per heavy atom. The van der Waals surface area contributed by atoms with Gasteiger partial charge in [-0.3, -0.25) is 4.79 Å². The molecule has 0 radical (unpaired) electrons. The van der Waals surface area contributed by atoms with Crippen molar-refractivity contribution in [3.63, 3.8) is 0 Å². The lowest BCUT2D eigenvalue weighted by molar-refractivity contribution is -0.121. The smallest absolute Gasteiger partial charge is 0.243 e. The minimum atomic E-state index is -3.55. The molecule has 7 nitrogen and oxygen atoms in total. The van der Waals surface area contributed by atoms with Crippen LogP contribution in [0.5, 0.6) is 0 Å². The van der Waals surface area contributed by atoms with Crippen LogP contribution in [-0.4, -0.2) is 63.3 Å². The SMILES string of the molecule is CN1CCN(S(=O)(=O)c2ccccc2CNC(=O)CCCN)CC1. The minimum Gasteiger partial charge on any atom is -0.352 e. The first kappa shape index (κ1) is 18.9. The van der Waals surface area contributed by atoms with Crippen LogP contribution in [-0.2, 0) is 21.4 Å². The van der Waals surface area contributed by atoms with E-state index in [-0.39, 0.29) is 17.3 Å². The van der Waals surface area contributed by atoms with Crippen LogP contribution in [0.4, 0.5) is 0 Å². The molecule has 1 aromatic carbocycles. The van der Waals surface area contributed by atoms with Crippen LogP contribution in [0.2, 0.25) is 0 Å². The van der Waals surface area contributed by atoms with Crippen LogP contribution in [0.3, 0.4) is 0 Å². The highest BCUT2D eigenvalue weighted by Crippen LogP contribution is 2.21. The number of nitrogens with one attached hydrogen (secondary N) is 1. The van der Waals surface area contributed by atoms with E-state index in [2.05, 4.69) is 10.2 Å². The zero-order valence-corrected chi connectivity index (χ0v) is 14.9. The number of nitrogens with two attached hydrogens (primary N) is 1. The minimum absolute atomic E-state index is 0.118. The van der Waals surface area contributed by atoms with Crippen molar-refractivity contribution in [3.05, 3.63) is 29.8 Å². The second kappa shape index (κ2) is 8.57. The number of hydrogen-bond donors (Lipinski definition) is 2. The fourth-order valence-corrected chi connectivity index (χ4v) is 4.26. The molecule has 1 aromatic rings. The van der Waals surface area contributed by atoms with Crippen LogP contribution in [0.25, 0.3) is 0 Å². The van der Waals surface area contributed by atoms with E-state index in [4.69, 9.17) is 5.73 Å². The molecule has 0 aliphatic carbocycles. The van der Waals surface area contributed by atoms with Gasteiger partial charge >= 0.3 is 0 Å². The molecule has 1 amide bonds. The van der Waals surface area contributed by atoms with Gasteiger partial charge in [0.1, 0.15) is 0 Å². The Labute approximate surface area is 143 Å². The van der Waals surface area contributed by atoms with Gasteiger partial charge < -0.3 is 16.0 Å². The van der Waals surface area contributed by atoms with E-state index >= 15 is 0 Å². The highest BCUT2D eigenvalue weighted by molar-refractivity contribution is 7.89. The second-order valence-electron chi connectivity index (χ2n) is 5.98. The lowest BCUT2D eigenvalue weighted by atomic mass is 10.2. The van der Waals surface area contributed by atoms with Crippen molar-refractivity contribution in [2.24, 2.45) is 5.73 Å². The summed E-state index contributed by atoms with van der Waals surface area (Å²) in [6, 6.07) is 6.84. The molecule has 3 N–H and O–H groups in total. The molecule has 0 spiro atoms. The van der Waals surface area contributed by atoms with Gasteiger partial charge in [0.15, 0.2) is 0 Å². The summed E-state index contributed by atoms with van der Waals surface area (Å²) >= 11 is 0. The summed E-state index contributed by atoms with van der Waals surface area (Å²) in [6.07, 6.45) is 0.969. The van der Waals surface area contributed by atoms with Crippen molar-refractivity contribution in [1.29, 1.82) is 0 Å². The van der Waals surface area contributed by atoms with E-state index in [1.165, 1.54) is 4.31 Å². The molecule has 0 aromatic heterocycles. The van der Waals surface area contributed by atoms with E-state index in [9.17, 15) is 13.2 Å². The van der Waals surface area contributed by atoms with Gasteiger partial charge in [-0.05, 0) is 31.6 Å². The quantitative estimate of drug-likeness (QED) is 0.717. The van der Waals surface area contributed by atoms with Crippen molar-refractivity contribution in [2.45, 2.75) is 24.3 Å². The predicted molar refractivity (Wildman–Crippen MR) is 92.8 cm³/mol. The third-order valence-corrected chi connectivity index (χ3v) is 6.14. The van der Waals surface area contributed by atoms with Crippen molar-refractivity contribution >= 4 is 15.9 Å². The summed E-state index contributed by atoms with van der Waals surface area (Å²) in [6.45, 7) is 3.06. The summed E-state index contributed by atoms with van der Waals surface area (Å²) in [5.41, 5.74) is 6.00. The highest BCUT2D eigenvalue weighted by atomic mass is 32.2. The average molecular weight is 354 g/mol. The number of nitrogens with zero attached hydrogens (tertiary/aromatic N) is 2. The van der Waals surface area contributed by atoms with Gasteiger partial charge in [-0.25, -0.2) is 8.42 Å². The first-order chi connectivity index (χ1) is 11.4. The van der Waals surface area contributed by atoms with E-state index in [0.29, 0.717) is 38.0 Å². The summed E-state index contributed by atoms with van der Waals surface area (Å²) < 4.78 is 27.3. The van der Waals surface area contributed by atoms with Crippen LogP contribution >= 0.6 is 0 Å². The molecule has 0 bridgehead atoms. The van der Waals surface area contributed by atoms with E-state index < -0.39 is 10.0 Å². The predicted octanol–water partition coefficient (Wildman–Crippen LogP) is -0.0222. The lowest BCUT2D eigenvalue weighted by Gasteiger charge is -2.32. The molecule has 1 saturated heterocycles. The van der Waals surface area contributed by atoms with Gasteiger partial charge in [0.05, 0.1) is 4.90 Å². The average Bonchev–Trinajstić information content (AvgIpc) is 2.58. The lowest BCUT2D eigenvalue weighted by Crippen LogP contribution is -2.47. The van der Waals surface area contributed by atoms with Crippen molar-refractivity contribution in [3.8, 4) is 0 Å². The molecular weight excluding hydrogens is 328 g/mol. The number of rotatable bonds is 7. The first-order valence-electron chi connectivity index (χ1n) is 8.18. The number of benzene rings is 1. The number of likely N-dealkylation sites (N-methyl/N-ethyl adjacent to an activating group) is 1. The summed E-state index contributed by atoms with van der Waals surface area (Å²) in [7, 11) is -1.56. The monoisotopic (exact) mass is 354 g/mol. The fourth-order valence-electron chi connectivity index (χ4n) is 2.61. The molecule has 1 aliphatic heterocycles. The first-order valence-corrected chi connectivity index (χ1v) is 9.62. The Morgan fingerprint density at radius 3 is 2.54 bits per heavy atom. The third kappa shape index (κ3) is 4.76. The van der Waals surface area contributed by atoms with Crippen molar-refractivity contribution < 1.29 is 13.2 Å². The van der Waals surface area contributed by atoms with Gasteiger partial charge in [0.25, 0.3) is 0 Å². The number of carbonyl (C=O) groups is 1. The number of piperazine rings is 1. The Hall–Kier alpha value is -1.48. The Balaban J connectivity index is 2.11. The van der Waals surface area contributed by atoms with Gasteiger partial charge in [0.2, 0.25) is 15.9 Å². The van der Waals surface area contributed by atoms with Crippen LogP contribution in [0.15, 0.2) is 29.2 Å². The molecule has 1 heterocycles. The maximum atomic E-state index is 12.9. The van der Waals surface area contributed by atoms with Gasteiger partial charge in [0, 0.05) is 39.1 Å². The molecule has 134 valence electrons. The molecule has 1 fully saturated rings. The maximum absolute atomic E-state index is 12.9. The van der Waals surface area contributed by atoms with Crippen LogP contribution in [0, 0.1) is 0 Å². The van der Waals surface area contributed by atoms with Crippen molar-refractivity contribution in [2.75, 3.05) is 39.8 Å². The Morgan fingerprint density at radius 2 is 1.88 bits per heavy atom. The number of hydrogen-bond acceptors (Lipinski definition) is 5. The van der Waals surface area contributed by atoms with Gasteiger partial charge in [-0.15, -0.1) is 0 Å². The summed E-state index contributed by atoms with van der Waals surface area (Å²) in [4.78, 5) is 14.1. The normalized spacial score (nSPS) is 16.9. The molecule has 24 heavy (non-hydrogen) atoms. The second-order valence-corrected chi connectivity index (χ2v) is 7.89. The molecule has 2 rings (SSSR count). The molecular formula is C16H26N4O3S. The third-order valence-electron chi connectivity index (χ3n) is 4.14. The standard InChI is InChI=1S/C16H26N4O3S/c1-19-9-11-20(12-10-19)24(22,23)15-6-3-2-5-14(15)13-18-16(21)7-4-8-17/h2-3,5-6H,4,7-13,17H2,1H3,(H,18,21). The summed E-state index contributed by atoms with van der Waals surface area (Å²) in [5.74, 6) is -0.118. The molecule has 1 aliphatic rings. The Bertz CT molecular complexity index is 655. The summed E-state index contributed by atoms with van der Waals surface area (Å²) in [5, 5.41) is 2.77. The van der Waals surface area contributed by atoms with E-state index in [1.54, 1.807) is 24.3 Å². The molecule has 0 atom stereocenters. The molecule has 0 unspecified atom stereocenters. The number of sulfonamides is 1. The number of amides is 1. The fraction of sp³-hybridized carbons (Fsp3) is 0.562. The van der Waals surface area contributed by atoms with Crippen LogP contribution < -0.4 is 11.1 Å². The van der Waals surface area contributed by atoms with Crippen LogP contribution in [0.1, 0.15) is 18.4 Å². The zero-order chi connectivity index (χ0) is 17.6. The molecule has 0 saturated carbocycles. The Kier molecular flexibility index (Phi) is 6.73. The highest BCUT2D eigenvalue weighted by Gasteiger charge is 2.29. The molecule has 8 heteroatoms.